The summed E-state index contributed by atoms with van der Waals surface area (Å²) >= 11 is 3.38. The molecule has 4 heteroatoms. The van der Waals surface area contributed by atoms with Crippen LogP contribution in [0.5, 0.6) is 0 Å². The number of hydrogen-bond donors (Lipinski definition) is 1. The SMILES string of the molecule is C=CCCC(O)Cn1nc(C)cc1Br. The number of hydrogen-bond acceptors (Lipinski definition) is 2. The number of nitrogens with zero attached hydrogens (tertiary/aromatic N) is 2. The molecule has 0 aliphatic carbocycles. The summed E-state index contributed by atoms with van der Waals surface area (Å²) in [5.41, 5.74) is 0.952. The second kappa shape index (κ2) is 5.32. The van der Waals surface area contributed by atoms with Crippen LogP contribution in [-0.2, 0) is 6.54 Å². The maximum absolute atomic E-state index is 9.64. The minimum Gasteiger partial charge on any atom is -0.391 e. The highest BCUT2D eigenvalue weighted by Gasteiger charge is 2.08. The molecule has 1 heterocycles. The Balaban J connectivity index is 2.50. The molecule has 0 aromatic carbocycles. The van der Waals surface area contributed by atoms with Gasteiger partial charge in [0.05, 0.1) is 18.3 Å². The predicted molar refractivity (Wildman–Crippen MR) is 60.1 cm³/mol. The fourth-order valence-corrected chi connectivity index (χ4v) is 1.80. The van der Waals surface area contributed by atoms with Crippen LogP contribution in [0.3, 0.4) is 0 Å². The van der Waals surface area contributed by atoms with Crippen molar-refractivity contribution in [3.63, 3.8) is 0 Å². The van der Waals surface area contributed by atoms with Crippen molar-refractivity contribution in [1.82, 2.24) is 9.78 Å². The van der Waals surface area contributed by atoms with Gasteiger partial charge < -0.3 is 5.11 Å². The molecule has 0 aliphatic heterocycles. The Bertz CT molecular complexity index is 309. The Labute approximate surface area is 92.6 Å². The lowest BCUT2D eigenvalue weighted by Gasteiger charge is -2.09. The molecule has 1 aromatic rings. The molecule has 0 radical (unpaired) electrons. The average molecular weight is 259 g/mol. The Morgan fingerprint density at radius 1 is 1.79 bits per heavy atom. The van der Waals surface area contributed by atoms with Crippen molar-refractivity contribution in [2.45, 2.75) is 32.4 Å². The zero-order valence-corrected chi connectivity index (χ0v) is 9.87. The third kappa shape index (κ3) is 3.27. The van der Waals surface area contributed by atoms with Crippen molar-refractivity contribution in [3.8, 4) is 0 Å². The number of allylic oxidation sites excluding steroid dienone is 1. The molecule has 14 heavy (non-hydrogen) atoms. The van der Waals surface area contributed by atoms with E-state index in [1.54, 1.807) is 4.68 Å². The first-order chi connectivity index (χ1) is 6.63. The summed E-state index contributed by atoms with van der Waals surface area (Å²) in [6, 6.07) is 1.93. The normalized spacial score (nSPS) is 12.8. The van der Waals surface area contributed by atoms with Crippen molar-refractivity contribution >= 4 is 15.9 Å². The summed E-state index contributed by atoms with van der Waals surface area (Å²) in [6.45, 7) is 6.08. The summed E-state index contributed by atoms with van der Waals surface area (Å²) < 4.78 is 2.68. The standard InChI is InChI=1S/C10H15BrN2O/c1-3-4-5-9(14)7-13-10(11)6-8(2)12-13/h3,6,9,14H,1,4-5,7H2,2H3. The van der Waals surface area contributed by atoms with Crippen LogP contribution in [0, 0.1) is 6.92 Å². The lowest BCUT2D eigenvalue weighted by atomic mass is 10.2. The van der Waals surface area contributed by atoms with Crippen molar-refractivity contribution in [2.75, 3.05) is 0 Å². The summed E-state index contributed by atoms with van der Waals surface area (Å²) in [6.07, 6.45) is 3.02. The smallest absolute Gasteiger partial charge is 0.104 e. The van der Waals surface area contributed by atoms with E-state index >= 15 is 0 Å². The fourth-order valence-electron chi connectivity index (χ4n) is 1.24. The topological polar surface area (TPSA) is 38.0 Å². The van der Waals surface area contributed by atoms with Gasteiger partial charge in [0.25, 0.3) is 0 Å². The van der Waals surface area contributed by atoms with Gasteiger partial charge in [0.1, 0.15) is 4.60 Å². The van der Waals surface area contributed by atoms with Gasteiger partial charge in [0.15, 0.2) is 0 Å². The first-order valence-electron chi connectivity index (χ1n) is 4.62. The van der Waals surface area contributed by atoms with E-state index < -0.39 is 0 Å². The molecule has 1 unspecified atom stereocenters. The molecule has 1 rings (SSSR count). The molecule has 3 nitrogen and oxygen atoms in total. The van der Waals surface area contributed by atoms with Crippen molar-refractivity contribution in [1.29, 1.82) is 0 Å². The van der Waals surface area contributed by atoms with Crippen LogP contribution in [0.25, 0.3) is 0 Å². The minimum absolute atomic E-state index is 0.358. The molecular formula is C10H15BrN2O. The molecule has 0 aliphatic rings. The maximum Gasteiger partial charge on any atom is 0.104 e. The highest BCUT2D eigenvalue weighted by atomic mass is 79.9. The molecule has 0 fully saturated rings. The van der Waals surface area contributed by atoms with Crippen molar-refractivity contribution < 1.29 is 5.11 Å². The van der Waals surface area contributed by atoms with E-state index in [0.717, 1.165) is 23.1 Å². The van der Waals surface area contributed by atoms with Crippen LogP contribution < -0.4 is 0 Å². The van der Waals surface area contributed by atoms with Crippen LogP contribution in [-0.4, -0.2) is 21.0 Å². The maximum atomic E-state index is 9.64. The zero-order valence-electron chi connectivity index (χ0n) is 8.28. The number of aliphatic hydroxyl groups excluding tert-OH is 1. The van der Waals surface area contributed by atoms with Gasteiger partial charge in [0, 0.05) is 0 Å². The van der Waals surface area contributed by atoms with Gasteiger partial charge in [-0.05, 0) is 41.8 Å². The molecule has 0 saturated carbocycles. The van der Waals surface area contributed by atoms with Gasteiger partial charge in [-0.25, -0.2) is 0 Å². The number of aliphatic hydroxyl groups is 1. The Morgan fingerprint density at radius 3 is 3.00 bits per heavy atom. The highest BCUT2D eigenvalue weighted by molar-refractivity contribution is 9.10. The van der Waals surface area contributed by atoms with E-state index in [2.05, 4.69) is 27.6 Å². The van der Waals surface area contributed by atoms with Crippen LogP contribution in [0.2, 0.25) is 0 Å². The van der Waals surface area contributed by atoms with Gasteiger partial charge in [-0.3, -0.25) is 4.68 Å². The third-order valence-electron chi connectivity index (χ3n) is 1.94. The van der Waals surface area contributed by atoms with E-state index in [1.165, 1.54) is 0 Å². The van der Waals surface area contributed by atoms with E-state index in [0.29, 0.717) is 6.54 Å². The Hall–Kier alpha value is -0.610. The van der Waals surface area contributed by atoms with Crippen LogP contribution >= 0.6 is 15.9 Å². The first-order valence-corrected chi connectivity index (χ1v) is 5.41. The zero-order chi connectivity index (χ0) is 10.6. The monoisotopic (exact) mass is 258 g/mol. The lowest BCUT2D eigenvalue weighted by molar-refractivity contribution is 0.140. The second-order valence-corrected chi connectivity index (χ2v) is 4.12. The first kappa shape index (κ1) is 11.5. The van der Waals surface area contributed by atoms with Gasteiger partial charge >= 0.3 is 0 Å². The van der Waals surface area contributed by atoms with E-state index in [9.17, 15) is 5.11 Å². The Kier molecular flexibility index (Phi) is 4.35. The largest absolute Gasteiger partial charge is 0.391 e. The average Bonchev–Trinajstić information content (AvgIpc) is 2.42. The minimum atomic E-state index is -0.358. The predicted octanol–water partition coefficient (Wildman–Crippen LogP) is 2.28. The number of halogens is 1. The van der Waals surface area contributed by atoms with E-state index in [4.69, 9.17) is 0 Å². The molecule has 1 atom stereocenters. The quantitative estimate of drug-likeness (QED) is 0.824. The number of aryl methyl sites for hydroxylation is 1. The summed E-state index contributed by atoms with van der Waals surface area (Å²) in [4.78, 5) is 0. The molecule has 1 N–H and O–H groups in total. The fraction of sp³-hybridized carbons (Fsp3) is 0.500. The summed E-state index contributed by atoms with van der Waals surface area (Å²) in [5, 5.41) is 13.9. The van der Waals surface area contributed by atoms with Gasteiger partial charge in [-0.1, -0.05) is 6.08 Å². The Morgan fingerprint density at radius 2 is 2.50 bits per heavy atom. The van der Waals surface area contributed by atoms with Crippen LogP contribution in [0.15, 0.2) is 23.3 Å². The van der Waals surface area contributed by atoms with Gasteiger partial charge in [0.2, 0.25) is 0 Å². The molecule has 0 spiro atoms. The second-order valence-electron chi connectivity index (χ2n) is 3.31. The van der Waals surface area contributed by atoms with Crippen LogP contribution in [0.1, 0.15) is 18.5 Å². The van der Waals surface area contributed by atoms with Crippen molar-refractivity contribution in [2.24, 2.45) is 0 Å². The third-order valence-corrected chi connectivity index (χ3v) is 2.58. The summed E-state index contributed by atoms with van der Waals surface area (Å²) in [7, 11) is 0. The molecule has 0 saturated heterocycles. The van der Waals surface area contributed by atoms with E-state index in [-0.39, 0.29) is 6.10 Å². The van der Waals surface area contributed by atoms with Gasteiger partial charge in [-0.15, -0.1) is 6.58 Å². The molecule has 0 bridgehead atoms. The molecule has 0 amide bonds. The number of rotatable bonds is 5. The van der Waals surface area contributed by atoms with Crippen molar-refractivity contribution in [3.05, 3.63) is 29.0 Å². The van der Waals surface area contributed by atoms with Crippen LogP contribution in [0.4, 0.5) is 0 Å². The van der Waals surface area contributed by atoms with Gasteiger partial charge in [-0.2, -0.15) is 5.10 Å². The number of aromatic nitrogens is 2. The summed E-state index contributed by atoms with van der Waals surface area (Å²) in [5.74, 6) is 0. The van der Waals surface area contributed by atoms with E-state index in [1.807, 2.05) is 19.1 Å². The molecule has 78 valence electrons. The lowest BCUT2D eigenvalue weighted by Crippen LogP contribution is -2.16. The molecule has 1 aromatic heterocycles. The highest BCUT2D eigenvalue weighted by Crippen LogP contribution is 2.12. The molecular weight excluding hydrogens is 244 g/mol.